The van der Waals surface area contributed by atoms with Crippen LogP contribution in [0.5, 0.6) is 17.2 Å². The first-order valence-corrected chi connectivity index (χ1v) is 11.1. The topological polar surface area (TPSA) is 75.4 Å². The Labute approximate surface area is 183 Å². The van der Waals surface area contributed by atoms with E-state index in [4.69, 9.17) is 13.9 Å². The molecule has 0 aliphatic carbocycles. The molecule has 0 radical (unpaired) electrons. The van der Waals surface area contributed by atoms with Crippen LogP contribution in [0.25, 0.3) is 0 Å². The molecular weight excluding hydrogens is 396 g/mol. The molecule has 0 spiro atoms. The first kappa shape index (κ1) is 21.7. The molecule has 7 nitrogen and oxygen atoms in total. The second kappa shape index (κ2) is 9.75. The minimum absolute atomic E-state index is 0.0820. The summed E-state index contributed by atoms with van der Waals surface area (Å²) in [6.07, 6.45) is 7.01. The normalized spacial score (nSPS) is 17.7. The zero-order chi connectivity index (χ0) is 21.8. The van der Waals surface area contributed by atoms with Gasteiger partial charge in [0.15, 0.2) is 11.5 Å². The van der Waals surface area contributed by atoms with Crippen LogP contribution in [-0.2, 0) is 26.1 Å². The lowest BCUT2D eigenvalue weighted by Gasteiger charge is -2.29. The van der Waals surface area contributed by atoms with E-state index in [2.05, 4.69) is 9.80 Å². The third kappa shape index (κ3) is 4.88. The van der Waals surface area contributed by atoms with Crippen molar-refractivity contribution < 1.29 is 19.0 Å². The number of aromatic hydroxyl groups is 1. The Hall–Kier alpha value is -2.51. The van der Waals surface area contributed by atoms with Gasteiger partial charge >= 0.3 is 5.63 Å². The smallest absolute Gasteiger partial charge is 0.343 e. The largest absolute Gasteiger partial charge is 0.507 e. The Balaban J connectivity index is 1.50. The van der Waals surface area contributed by atoms with E-state index in [9.17, 15) is 9.90 Å². The Kier molecular flexibility index (Phi) is 6.83. The molecule has 1 aromatic heterocycles. The van der Waals surface area contributed by atoms with E-state index in [1.54, 1.807) is 14.2 Å². The standard InChI is InChI=1S/C24H32N2O5/c1-29-21-11-17-7-10-26(13-18(17)12-22(21)30-2)14-19-16-31-24(28)20(23(19)27)15-25-8-5-3-4-6-9-25/h11-12,16,27H,3-10,13-15H2,1-2H3. The molecule has 3 heterocycles. The molecule has 1 aromatic carbocycles. The van der Waals surface area contributed by atoms with Crippen LogP contribution in [0.1, 0.15) is 47.9 Å². The third-order valence-electron chi connectivity index (χ3n) is 6.42. The molecule has 168 valence electrons. The van der Waals surface area contributed by atoms with Crippen molar-refractivity contribution in [3.05, 3.63) is 51.1 Å². The van der Waals surface area contributed by atoms with Crippen molar-refractivity contribution in [2.24, 2.45) is 0 Å². The van der Waals surface area contributed by atoms with Crippen molar-refractivity contribution >= 4 is 0 Å². The van der Waals surface area contributed by atoms with Crippen molar-refractivity contribution in [1.29, 1.82) is 0 Å². The molecule has 2 aliphatic heterocycles. The number of rotatable bonds is 6. The van der Waals surface area contributed by atoms with Gasteiger partial charge in [-0.3, -0.25) is 9.80 Å². The summed E-state index contributed by atoms with van der Waals surface area (Å²) in [4.78, 5) is 16.8. The van der Waals surface area contributed by atoms with Gasteiger partial charge in [-0.1, -0.05) is 12.8 Å². The van der Waals surface area contributed by atoms with Gasteiger partial charge in [-0.05, 0) is 55.6 Å². The lowest BCUT2D eigenvalue weighted by Crippen LogP contribution is -2.31. The van der Waals surface area contributed by atoms with E-state index in [-0.39, 0.29) is 5.75 Å². The number of likely N-dealkylation sites (tertiary alicyclic amines) is 1. The Morgan fingerprint density at radius 3 is 2.29 bits per heavy atom. The van der Waals surface area contributed by atoms with Crippen molar-refractivity contribution in [2.75, 3.05) is 33.9 Å². The molecule has 0 atom stereocenters. The summed E-state index contributed by atoms with van der Waals surface area (Å²) < 4.78 is 16.2. The molecule has 0 unspecified atom stereocenters. The zero-order valence-corrected chi connectivity index (χ0v) is 18.5. The molecule has 7 heteroatoms. The monoisotopic (exact) mass is 428 g/mol. The van der Waals surface area contributed by atoms with Gasteiger partial charge in [-0.2, -0.15) is 0 Å². The fourth-order valence-electron chi connectivity index (χ4n) is 4.63. The summed E-state index contributed by atoms with van der Waals surface area (Å²) in [7, 11) is 3.29. The number of methoxy groups -OCH3 is 2. The fraction of sp³-hybridized carbons (Fsp3) is 0.542. The van der Waals surface area contributed by atoms with Crippen LogP contribution in [0, 0.1) is 0 Å². The predicted octanol–water partition coefficient (Wildman–Crippen LogP) is 3.30. The highest BCUT2D eigenvalue weighted by atomic mass is 16.5. The molecule has 0 saturated carbocycles. The molecular formula is C24H32N2O5. The minimum atomic E-state index is -0.439. The van der Waals surface area contributed by atoms with Crippen LogP contribution in [-0.4, -0.2) is 48.8 Å². The Bertz CT molecular complexity index is 963. The van der Waals surface area contributed by atoms with Gasteiger partial charge in [0, 0.05) is 31.7 Å². The van der Waals surface area contributed by atoms with Crippen molar-refractivity contribution in [3.8, 4) is 17.2 Å². The van der Waals surface area contributed by atoms with E-state index in [1.165, 1.54) is 30.2 Å². The Morgan fingerprint density at radius 2 is 1.61 bits per heavy atom. The molecule has 0 bridgehead atoms. The molecule has 31 heavy (non-hydrogen) atoms. The van der Waals surface area contributed by atoms with E-state index < -0.39 is 5.63 Å². The first-order valence-electron chi connectivity index (χ1n) is 11.1. The van der Waals surface area contributed by atoms with Crippen LogP contribution >= 0.6 is 0 Å². The summed E-state index contributed by atoms with van der Waals surface area (Å²) in [6, 6.07) is 4.07. The van der Waals surface area contributed by atoms with Crippen LogP contribution in [0.2, 0.25) is 0 Å². The molecule has 1 N–H and O–H groups in total. The number of fused-ring (bicyclic) bond motifs is 1. The van der Waals surface area contributed by atoms with Gasteiger partial charge in [0.05, 0.1) is 19.8 Å². The maximum atomic E-state index is 12.3. The molecule has 2 aliphatic rings. The van der Waals surface area contributed by atoms with Crippen molar-refractivity contribution in [2.45, 2.75) is 51.7 Å². The van der Waals surface area contributed by atoms with E-state index in [0.717, 1.165) is 56.9 Å². The number of hydrogen-bond donors (Lipinski definition) is 1. The maximum absolute atomic E-state index is 12.3. The van der Waals surface area contributed by atoms with Crippen LogP contribution < -0.4 is 15.1 Å². The summed E-state index contributed by atoms with van der Waals surface area (Å²) in [5, 5.41) is 10.9. The van der Waals surface area contributed by atoms with E-state index in [0.29, 0.717) is 24.2 Å². The van der Waals surface area contributed by atoms with Crippen LogP contribution in [0.3, 0.4) is 0 Å². The molecule has 1 fully saturated rings. The summed E-state index contributed by atoms with van der Waals surface area (Å²) in [5.74, 6) is 1.55. The SMILES string of the molecule is COc1cc2c(cc1OC)CN(Cc1coc(=O)c(CN3CCCCCC3)c1O)CC2. The van der Waals surface area contributed by atoms with Crippen molar-refractivity contribution in [1.82, 2.24) is 9.80 Å². The minimum Gasteiger partial charge on any atom is -0.507 e. The highest BCUT2D eigenvalue weighted by Gasteiger charge is 2.23. The molecule has 4 rings (SSSR count). The van der Waals surface area contributed by atoms with E-state index in [1.807, 2.05) is 12.1 Å². The van der Waals surface area contributed by atoms with Crippen LogP contribution in [0.15, 0.2) is 27.6 Å². The average Bonchev–Trinajstić information content (AvgIpc) is 3.06. The lowest BCUT2D eigenvalue weighted by atomic mass is 9.98. The van der Waals surface area contributed by atoms with Gasteiger partial charge < -0.3 is 19.0 Å². The molecule has 0 amide bonds. The van der Waals surface area contributed by atoms with Gasteiger partial charge in [-0.25, -0.2) is 4.79 Å². The first-order chi connectivity index (χ1) is 15.1. The second-order valence-corrected chi connectivity index (χ2v) is 8.50. The quantitative estimate of drug-likeness (QED) is 0.757. The summed E-state index contributed by atoms with van der Waals surface area (Å²) in [6.45, 7) is 4.46. The number of benzene rings is 1. The third-order valence-corrected chi connectivity index (χ3v) is 6.42. The fourth-order valence-corrected chi connectivity index (χ4v) is 4.63. The van der Waals surface area contributed by atoms with Gasteiger partial charge in [0.25, 0.3) is 0 Å². The average molecular weight is 429 g/mol. The molecule has 1 saturated heterocycles. The predicted molar refractivity (Wildman–Crippen MR) is 118 cm³/mol. The van der Waals surface area contributed by atoms with E-state index >= 15 is 0 Å². The second-order valence-electron chi connectivity index (χ2n) is 8.50. The summed E-state index contributed by atoms with van der Waals surface area (Å²) >= 11 is 0. The summed E-state index contributed by atoms with van der Waals surface area (Å²) in [5.41, 5.74) is 3.04. The van der Waals surface area contributed by atoms with Crippen LogP contribution in [0.4, 0.5) is 0 Å². The lowest BCUT2D eigenvalue weighted by molar-refractivity contribution is 0.234. The van der Waals surface area contributed by atoms with Crippen molar-refractivity contribution in [3.63, 3.8) is 0 Å². The zero-order valence-electron chi connectivity index (χ0n) is 18.5. The maximum Gasteiger partial charge on any atom is 0.343 e. The highest BCUT2D eigenvalue weighted by molar-refractivity contribution is 5.48. The molecule has 2 aromatic rings. The van der Waals surface area contributed by atoms with Gasteiger partial charge in [0.1, 0.15) is 12.0 Å². The number of nitrogens with zero attached hydrogens (tertiary/aromatic N) is 2. The highest BCUT2D eigenvalue weighted by Crippen LogP contribution is 2.34. The van der Waals surface area contributed by atoms with Gasteiger partial charge in [0.2, 0.25) is 0 Å². The number of hydrogen-bond acceptors (Lipinski definition) is 7. The van der Waals surface area contributed by atoms with Gasteiger partial charge in [-0.15, -0.1) is 0 Å². The Morgan fingerprint density at radius 1 is 0.935 bits per heavy atom. The number of ether oxygens (including phenoxy) is 2.